The minimum atomic E-state index is 0.372. The maximum Gasteiger partial charge on any atom is 0.0656 e. The first-order valence-electron chi connectivity index (χ1n) is 12.3. The van der Waals surface area contributed by atoms with E-state index in [4.69, 9.17) is 0 Å². The highest BCUT2D eigenvalue weighted by Gasteiger charge is 2.42. The van der Waals surface area contributed by atoms with Crippen molar-refractivity contribution in [3.05, 3.63) is 29.3 Å². The molecule has 6 atom stereocenters. The van der Waals surface area contributed by atoms with Crippen LogP contribution in [0.3, 0.4) is 0 Å². The highest BCUT2D eigenvalue weighted by molar-refractivity contribution is 5.50. The van der Waals surface area contributed by atoms with E-state index in [0.717, 1.165) is 18.4 Å². The van der Waals surface area contributed by atoms with Crippen molar-refractivity contribution in [1.82, 2.24) is 15.5 Å². The summed E-state index contributed by atoms with van der Waals surface area (Å²) in [6.07, 6.45) is 11.8. The largest absolute Gasteiger partial charge is 0.385 e. The molecule has 2 aliphatic heterocycles. The van der Waals surface area contributed by atoms with Crippen molar-refractivity contribution >= 4 is 5.69 Å². The van der Waals surface area contributed by atoms with Crippen molar-refractivity contribution in [2.75, 3.05) is 25.0 Å². The number of rotatable bonds is 4. The minimum Gasteiger partial charge on any atom is -0.385 e. The van der Waals surface area contributed by atoms with E-state index in [2.05, 4.69) is 52.9 Å². The average Bonchev–Trinajstić information content (AvgIpc) is 3.17. The smallest absolute Gasteiger partial charge is 0.0656 e. The van der Waals surface area contributed by atoms with Gasteiger partial charge in [-0.25, -0.2) is 0 Å². The Morgan fingerprint density at radius 3 is 2.69 bits per heavy atom. The monoisotopic (exact) mass is 396 g/mol. The molecular formula is C25H40N4. The summed E-state index contributed by atoms with van der Waals surface area (Å²) in [5.41, 5.74) is 4.45. The fourth-order valence-corrected chi connectivity index (χ4v) is 6.55. The maximum atomic E-state index is 3.89. The molecule has 160 valence electrons. The summed E-state index contributed by atoms with van der Waals surface area (Å²) in [5.74, 6) is 2.46. The predicted octanol–water partition coefficient (Wildman–Crippen LogP) is 4.49. The van der Waals surface area contributed by atoms with Crippen LogP contribution in [0, 0.1) is 17.8 Å². The Labute approximate surface area is 177 Å². The number of nitrogens with zero attached hydrogens (tertiary/aromatic N) is 1. The zero-order valence-electron chi connectivity index (χ0n) is 18.4. The lowest BCUT2D eigenvalue weighted by molar-refractivity contribution is 0.0204. The summed E-state index contributed by atoms with van der Waals surface area (Å²) in [5, 5.41) is 11.5. The molecule has 0 radical (unpaired) electrons. The summed E-state index contributed by atoms with van der Waals surface area (Å²) in [7, 11) is 0. The number of benzene rings is 1. The molecule has 2 heterocycles. The molecule has 4 aliphatic rings. The standard InChI is InChI=1S/C25H40N4/c1-17-6-7-19(14-17)16-26-21-9-11-22-20(15-21)8-10-23-24(22)27-18(2)28-25(23)29-12-4-3-5-13-29/h9,11,15,17-19,23-28H,3-8,10,12-14,16H2,1-2H3. The molecule has 1 saturated carbocycles. The van der Waals surface area contributed by atoms with Gasteiger partial charge in [0, 0.05) is 24.2 Å². The molecule has 0 amide bonds. The second-order valence-corrected chi connectivity index (χ2v) is 10.4. The first-order chi connectivity index (χ1) is 14.2. The van der Waals surface area contributed by atoms with E-state index < -0.39 is 0 Å². The minimum absolute atomic E-state index is 0.372. The van der Waals surface area contributed by atoms with Gasteiger partial charge < -0.3 is 5.32 Å². The van der Waals surface area contributed by atoms with E-state index >= 15 is 0 Å². The fraction of sp³-hybridized carbons (Fsp3) is 0.760. The highest BCUT2D eigenvalue weighted by atomic mass is 15.3. The van der Waals surface area contributed by atoms with Crippen LogP contribution in [0.1, 0.15) is 76.0 Å². The average molecular weight is 397 g/mol. The van der Waals surface area contributed by atoms with E-state index in [9.17, 15) is 0 Å². The quantitative estimate of drug-likeness (QED) is 0.701. The van der Waals surface area contributed by atoms with Crippen LogP contribution >= 0.6 is 0 Å². The third-order valence-corrected chi connectivity index (χ3v) is 8.09. The Hall–Kier alpha value is -1.10. The molecule has 29 heavy (non-hydrogen) atoms. The third kappa shape index (κ3) is 4.22. The molecule has 2 aliphatic carbocycles. The molecule has 4 nitrogen and oxygen atoms in total. The van der Waals surface area contributed by atoms with Crippen LogP contribution in [0.15, 0.2) is 18.2 Å². The fourth-order valence-electron chi connectivity index (χ4n) is 6.55. The molecular weight excluding hydrogens is 356 g/mol. The molecule has 1 aromatic carbocycles. The lowest BCUT2D eigenvalue weighted by Crippen LogP contribution is -2.65. The van der Waals surface area contributed by atoms with Crippen LogP contribution in [0.2, 0.25) is 0 Å². The number of hydrogen-bond donors (Lipinski definition) is 3. The lowest BCUT2D eigenvalue weighted by Gasteiger charge is -2.50. The molecule has 5 rings (SSSR count). The Morgan fingerprint density at radius 2 is 1.90 bits per heavy atom. The SMILES string of the molecule is CC1CCC(CNc2ccc3c(c2)CCC2C3NC(C)NC2N2CCCCC2)C1. The van der Waals surface area contributed by atoms with E-state index in [1.165, 1.54) is 70.1 Å². The van der Waals surface area contributed by atoms with Gasteiger partial charge in [-0.2, -0.15) is 0 Å². The van der Waals surface area contributed by atoms with E-state index in [-0.39, 0.29) is 0 Å². The van der Waals surface area contributed by atoms with Crippen molar-refractivity contribution in [2.24, 2.45) is 17.8 Å². The molecule has 2 saturated heterocycles. The number of hydrogen-bond acceptors (Lipinski definition) is 4. The first-order valence-corrected chi connectivity index (χ1v) is 12.3. The van der Waals surface area contributed by atoms with Crippen molar-refractivity contribution in [3.8, 4) is 0 Å². The Bertz CT molecular complexity index is 698. The molecule has 3 N–H and O–H groups in total. The Kier molecular flexibility index (Phi) is 5.86. The molecule has 0 spiro atoms. The number of likely N-dealkylation sites (tertiary alicyclic amines) is 1. The van der Waals surface area contributed by atoms with Gasteiger partial charge >= 0.3 is 0 Å². The molecule has 4 heteroatoms. The zero-order chi connectivity index (χ0) is 19.8. The molecule has 3 fully saturated rings. The van der Waals surface area contributed by atoms with Crippen LogP contribution < -0.4 is 16.0 Å². The summed E-state index contributed by atoms with van der Waals surface area (Å²) < 4.78 is 0. The van der Waals surface area contributed by atoms with Gasteiger partial charge in [0.2, 0.25) is 0 Å². The second kappa shape index (κ2) is 8.56. The van der Waals surface area contributed by atoms with Gasteiger partial charge in [0.25, 0.3) is 0 Å². The van der Waals surface area contributed by atoms with E-state index in [1.54, 1.807) is 11.1 Å². The maximum absolute atomic E-state index is 3.89. The van der Waals surface area contributed by atoms with E-state index in [0.29, 0.717) is 24.3 Å². The molecule has 6 unspecified atom stereocenters. The second-order valence-electron chi connectivity index (χ2n) is 10.4. The van der Waals surface area contributed by atoms with Crippen molar-refractivity contribution in [3.63, 3.8) is 0 Å². The Balaban J connectivity index is 1.29. The number of fused-ring (bicyclic) bond motifs is 3. The van der Waals surface area contributed by atoms with Crippen LogP contribution in [-0.4, -0.2) is 36.9 Å². The van der Waals surface area contributed by atoms with Gasteiger partial charge in [-0.1, -0.05) is 25.8 Å². The van der Waals surface area contributed by atoms with Crippen LogP contribution in [0.4, 0.5) is 5.69 Å². The predicted molar refractivity (Wildman–Crippen MR) is 121 cm³/mol. The molecule has 1 aromatic rings. The third-order valence-electron chi connectivity index (χ3n) is 8.09. The summed E-state index contributed by atoms with van der Waals surface area (Å²) in [4.78, 5) is 2.74. The Morgan fingerprint density at radius 1 is 1.03 bits per heavy atom. The van der Waals surface area contributed by atoms with Gasteiger partial charge in [0.15, 0.2) is 0 Å². The normalized spacial score (nSPS) is 37.7. The number of aryl methyl sites for hydroxylation is 1. The van der Waals surface area contributed by atoms with Crippen LogP contribution in [-0.2, 0) is 6.42 Å². The van der Waals surface area contributed by atoms with Crippen molar-refractivity contribution in [1.29, 1.82) is 0 Å². The van der Waals surface area contributed by atoms with Gasteiger partial charge in [-0.05, 0) is 93.6 Å². The summed E-state index contributed by atoms with van der Waals surface area (Å²) in [6, 6.07) is 7.70. The van der Waals surface area contributed by atoms with Gasteiger partial charge in [0.05, 0.1) is 12.3 Å². The van der Waals surface area contributed by atoms with Gasteiger partial charge in [-0.3, -0.25) is 15.5 Å². The zero-order valence-corrected chi connectivity index (χ0v) is 18.4. The van der Waals surface area contributed by atoms with Crippen molar-refractivity contribution in [2.45, 2.75) is 83.6 Å². The van der Waals surface area contributed by atoms with Gasteiger partial charge in [0.1, 0.15) is 0 Å². The van der Waals surface area contributed by atoms with Crippen molar-refractivity contribution < 1.29 is 0 Å². The number of nitrogens with one attached hydrogen (secondary N) is 3. The highest BCUT2D eigenvalue weighted by Crippen LogP contribution is 2.41. The molecule has 0 bridgehead atoms. The van der Waals surface area contributed by atoms with Crippen LogP contribution in [0.25, 0.3) is 0 Å². The lowest BCUT2D eigenvalue weighted by atomic mass is 9.76. The molecule has 0 aromatic heterocycles. The van der Waals surface area contributed by atoms with Crippen LogP contribution in [0.5, 0.6) is 0 Å². The topological polar surface area (TPSA) is 39.3 Å². The number of anilines is 1. The first kappa shape index (κ1) is 19.8. The summed E-state index contributed by atoms with van der Waals surface area (Å²) >= 11 is 0. The van der Waals surface area contributed by atoms with Gasteiger partial charge in [-0.15, -0.1) is 0 Å². The number of piperidine rings is 1. The van der Waals surface area contributed by atoms with E-state index in [1.807, 2.05) is 0 Å². The summed E-state index contributed by atoms with van der Waals surface area (Å²) in [6.45, 7) is 8.37.